The Balaban J connectivity index is 1.54. The first kappa shape index (κ1) is 82.0. The molecule has 8 amide bonds. The zero-order valence-electron chi connectivity index (χ0n) is 61.2. The van der Waals surface area contributed by atoms with Crippen LogP contribution < -0.4 is 31.9 Å². The van der Waals surface area contributed by atoms with E-state index in [9.17, 15) is 53.1 Å². The minimum absolute atomic E-state index is 0.0371. The number of likely N-dealkylation sites (tertiary alicyclic amines) is 1. The lowest BCUT2D eigenvalue weighted by Gasteiger charge is -2.33. The monoisotopic (exact) mass is 1370 g/mol. The van der Waals surface area contributed by atoms with Crippen LogP contribution in [-0.2, 0) is 72.0 Å². The van der Waals surface area contributed by atoms with Crippen molar-refractivity contribution in [2.45, 2.75) is 233 Å². The van der Waals surface area contributed by atoms with E-state index < -0.39 is 114 Å². The van der Waals surface area contributed by atoms with Crippen LogP contribution in [0.1, 0.15) is 182 Å². The third-order valence-electron chi connectivity index (χ3n) is 19.4. The largest absolute Gasteiger partial charge is 0.391 e. The number of ketones is 3. The van der Waals surface area contributed by atoms with Gasteiger partial charge in [-0.2, -0.15) is 0 Å². The Morgan fingerprint density at radius 3 is 1.57 bits per heavy atom. The smallest absolute Gasteiger partial charge is 0.245 e. The minimum Gasteiger partial charge on any atom is -0.391 e. The fraction of sp³-hybridized carbons (Fsp3) is 0.628. The highest BCUT2D eigenvalue weighted by Crippen LogP contribution is 2.24. The molecule has 2 heterocycles. The standard InChI is InChI=1S/C78H117N9O12/c1-13-53(8)66-46-71(92)80-68(37-51(4)5)75(96)82-67(55(10)88)45-65(91)48-79-62(36-50(2)3)44-63(89)33-32-59(40-56-26-18-14-19-27-56)77(98)85(11)49-61(42-58-30-22-16-23-31-58)74(95)83-69(38-52(6)7)76(97)84-70(78(99)87-34-24-17-25-35-87)47-72(93)86(12)54(9)39-64(90)43-60(73(94)81-66)41-57-28-20-15-21-29-57/h14-16,18-23,26-31,50-55,59-62,66-70,79,88H,13,17,24-25,32-49H2,1-12H3,(H,80,92)(H,81,94)(H,82,96)(H,83,95)(H,84,97)/t53-,54-,55+,59-,60+,61+,62-,66+,67+,68-,69-,70-/m0/s1. The summed E-state index contributed by atoms with van der Waals surface area (Å²) < 4.78 is 0. The highest BCUT2D eigenvalue weighted by molar-refractivity contribution is 5.96. The number of aliphatic hydroxyl groups is 1. The van der Waals surface area contributed by atoms with Gasteiger partial charge in [-0.3, -0.25) is 52.7 Å². The van der Waals surface area contributed by atoms with Crippen molar-refractivity contribution in [2.75, 3.05) is 40.3 Å². The predicted molar refractivity (Wildman–Crippen MR) is 384 cm³/mol. The molecule has 0 aliphatic carbocycles. The topological polar surface area (TPSA) is 290 Å². The van der Waals surface area contributed by atoms with Gasteiger partial charge in [-0.1, -0.05) is 153 Å². The number of Topliss-reactive ketones (excluding diaryl/α,β-unsaturated/α-hetero) is 3. The van der Waals surface area contributed by atoms with Crippen molar-refractivity contribution in [3.05, 3.63) is 108 Å². The fourth-order valence-electron chi connectivity index (χ4n) is 13.3. The van der Waals surface area contributed by atoms with Crippen molar-refractivity contribution in [2.24, 2.45) is 41.4 Å². The highest BCUT2D eigenvalue weighted by atomic mass is 16.3. The van der Waals surface area contributed by atoms with E-state index >= 15 is 4.79 Å². The van der Waals surface area contributed by atoms with Gasteiger partial charge in [-0.05, 0) is 118 Å². The summed E-state index contributed by atoms with van der Waals surface area (Å²) in [4.78, 5) is 164. The Hall–Kier alpha value is -7.65. The summed E-state index contributed by atoms with van der Waals surface area (Å²) in [7, 11) is 3.16. The van der Waals surface area contributed by atoms with Crippen molar-refractivity contribution in [1.29, 1.82) is 0 Å². The molecule has 0 radical (unpaired) electrons. The first-order valence-electron chi connectivity index (χ1n) is 36.4. The van der Waals surface area contributed by atoms with Crippen molar-refractivity contribution < 1.29 is 57.8 Å². The first-order chi connectivity index (χ1) is 47.0. The maximum Gasteiger partial charge on any atom is 0.245 e. The van der Waals surface area contributed by atoms with Gasteiger partial charge in [0.1, 0.15) is 35.5 Å². The normalized spacial score (nSPS) is 25.6. The summed E-state index contributed by atoms with van der Waals surface area (Å²) in [6, 6.07) is 21.5. The van der Waals surface area contributed by atoms with Crippen molar-refractivity contribution in [3.63, 3.8) is 0 Å². The lowest BCUT2D eigenvalue weighted by Crippen LogP contribution is -2.57. The zero-order chi connectivity index (χ0) is 72.9. The molecule has 0 unspecified atom stereocenters. The fourth-order valence-corrected chi connectivity index (χ4v) is 13.3. The number of carbonyl (C=O) groups is 11. The molecule has 3 aromatic rings. The van der Waals surface area contributed by atoms with Crippen LogP contribution in [0.5, 0.6) is 0 Å². The third-order valence-corrected chi connectivity index (χ3v) is 19.4. The molecule has 21 heteroatoms. The van der Waals surface area contributed by atoms with Gasteiger partial charge in [0.25, 0.3) is 0 Å². The summed E-state index contributed by atoms with van der Waals surface area (Å²) in [5.41, 5.74) is 2.48. The minimum atomic E-state index is -1.34. The number of hydrogen-bond acceptors (Lipinski definition) is 13. The average molecular weight is 1370 g/mol. The first-order valence-corrected chi connectivity index (χ1v) is 36.4. The maximum absolute atomic E-state index is 15.0. The molecule has 0 spiro atoms. The molecule has 2 aliphatic rings. The molecule has 0 aromatic heterocycles. The summed E-state index contributed by atoms with van der Waals surface area (Å²) in [6.07, 6.45) is 2.33. The number of piperidine rings is 1. The molecule has 7 N–H and O–H groups in total. The van der Waals surface area contributed by atoms with E-state index in [4.69, 9.17) is 0 Å². The molecular weight excluding hydrogens is 1250 g/mol. The van der Waals surface area contributed by atoms with E-state index in [0.29, 0.717) is 32.4 Å². The van der Waals surface area contributed by atoms with Gasteiger partial charge in [-0.25, -0.2) is 0 Å². The van der Waals surface area contributed by atoms with Gasteiger partial charge in [0, 0.05) is 102 Å². The van der Waals surface area contributed by atoms with Crippen LogP contribution in [0.2, 0.25) is 0 Å². The quantitative estimate of drug-likeness (QED) is 0.0726. The lowest BCUT2D eigenvalue weighted by molar-refractivity contribution is -0.143. The molecule has 0 bridgehead atoms. The van der Waals surface area contributed by atoms with Gasteiger partial charge < -0.3 is 51.7 Å². The van der Waals surface area contributed by atoms with Crippen LogP contribution in [0.15, 0.2) is 91.0 Å². The second-order valence-corrected chi connectivity index (χ2v) is 29.6. The molecule has 2 fully saturated rings. The number of aliphatic hydroxyl groups excluding tert-OH is 1. The number of amides is 8. The number of nitrogens with one attached hydrogen (secondary N) is 6. The second kappa shape index (κ2) is 41.8. The van der Waals surface area contributed by atoms with Gasteiger partial charge in [0.15, 0.2) is 0 Å². The van der Waals surface area contributed by atoms with Crippen LogP contribution in [0.4, 0.5) is 0 Å². The molecule has 5 rings (SSSR count). The van der Waals surface area contributed by atoms with Gasteiger partial charge >= 0.3 is 0 Å². The van der Waals surface area contributed by atoms with Crippen molar-refractivity contribution in [3.8, 4) is 0 Å². The SMILES string of the molecule is CC[C@H](C)[C@H]1CC(=O)N[C@@H](CC(C)C)C(=O)N[C@@H]([C@@H](C)O)CC(=O)CN[C@@H](CC(C)C)CC(=O)CC[C@@H](Cc2ccccc2)C(=O)N(C)C[C@@H](Cc2ccccc2)C(=O)N[C@@H](CC(C)C)C(=O)N[C@H](C(=O)N2CCCCC2)CC(=O)N(C)[C@@H](C)CC(=O)C[C@@H](Cc2ccccc2)C(=O)N1. The summed E-state index contributed by atoms with van der Waals surface area (Å²) >= 11 is 0. The Morgan fingerprint density at radius 1 is 0.525 bits per heavy atom. The predicted octanol–water partition coefficient (Wildman–Crippen LogP) is 7.67. The van der Waals surface area contributed by atoms with E-state index in [1.807, 2.05) is 146 Å². The molecule has 2 aliphatic heterocycles. The third kappa shape index (κ3) is 28.8. The van der Waals surface area contributed by atoms with E-state index in [-0.39, 0.29) is 131 Å². The Kier molecular flexibility index (Phi) is 34.6. The zero-order valence-corrected chi connectivity index (χ0v) is 61.2. The summed E-state index contributed by atoms with van der Waals surface area (Å²) in [5.74, 6) is -7.60. The van der Waals surface area contributed by atoms with E-state index in [1.54, 1.807) is 18.9 Å². The molecule has 99 heavy (non-hydrogen) atoms. The van der Waals surface area contributed by atoms with E-state index in [2.05, 4.69) is 31.9 Å². The highest BCUT2D eigenvalue weighted by Gasteiger charge is 2.38. The van der Waals surface area contributed by atoms with Crippen LogP contribution in [0.25, 0.3) is 0 Å². The van der Waals surface area contributed by atoms with Crippen molar-refractivity contribution >= 4 is 64.6 Å². The van der Waals surface area contributed by atoms with Gasteiger partial charge in [-0.15, -0.1) is 0 Å². The second-order valence-electron chi connectivity index (χ2n) is 29.6. The summed E-state index contributed by atoms with van der Waals surface area (Å²) in [5, 5.41) is 29.0. The van der Waals surface area contributed by atoms with E-state index in [1.165, 1.54) is 23.8 Å². The average Bonchev–Trinajstić information content (AvgIpc) is 0.856. The van der Waals surface area contributed by atoms with Crippen LogP contribution >= 0.6 is 0 Å². The van der Waals surface area contributed by atoms with Crippen molar-refractivity contribution in [1.82, 2.24) is 46.6 Å². The molecule has 0 saturated carbocycles. The molecule has 546 valence electrons. The van der Waals surface area contributed by atoms with Crippen LogP contribution in [0, 0.1) is 41.4 Å². The van der Waals surface area contributed by atoms with Gasteiger partial charge in [0.05, 0.1) is 31.0 Å². The number of benzene rings is 3. The number of rotatable bonds is 16. The Bertz CT molecular complexity index is 3090. The maximum atomic E-state index is 15.0. The van der Waals surface area contributed by atoms with Crippen LogP contribution in [0.3, 0.4) is 0 Å². The molecular formula is C78H117N9O12. The Morgan fingerprint density at radius 2 is 1.03 bits per heavy atom. The lowest BCUT2D eigenvalue weighted by atomic mass is 9.89. The number of nitrogens with zero attached hydrogens (tertiary/aromatic N) is 3. The Labute approximate surface area is 589 Å². The molecule has 3 aromatic carbocycles. The molecule has 12 atom stereocenters. The molecule has 2 saturated heterocycles. The van der Waals surface area contributed by atoms with Gasteiger partial charge in [0.2, 0.25) is 47.3 Å². The molecule has 21 nitrogen and oxygen atoms in total. The number of carbonyl (C=O) groups excluding carboxylic acids is 11. The number of hydrogen-bond donors (Lipinski definition) is 7. The van der Waals surface area contributed by atoms with E-state index in [0.717, 1.165) is 36.0 Å². The summed E-state index contributed by atoms with van der Waals surface area (Å²) in [6.45, 7) is 19.2. The van der Waals surface area contributed by atoms with Crippen LogP contribution in [-0.4, -0.2) is 173 Å².